The Bertz CT molecular complexity index is 1270. The summed E-state index contributed by atoms with van der Waals surface area (Å²) in [5, 5.41) is 4.52. The number of hydrogen-bond donors (Lipinski definition) is 0. The Kier molecular flexibility index (Phi) is 5.79. The molecule has 1 aliphatic rings. The lowest BCUT2D eigenvalue weighted by atomic mass is 10.1. The quantitative estimate of drug-likeness (QED) is 0.519. The van der Waals surface area contributed by atoms with Gasteiger partial charge in [-0.3, -0.25) is 9.48 Å². The molecule has 1 unspecified atom stereocenters. The molecule has 0 saturated carbocycles. The summed E-state index contributed by atoms with van der Waals surface area (Å²) >= 11 is 3.53. The number of carbonyl (C=O) groups is 1. The van der Waals surface area contributed by atoms with Crippen molar-refractivity contribution in [2.75, 3.05) is 6.26 Å². The van der Waals surface area contributed by atoms with Gasteiger partial charge in [0.25, 0.3) is 5.91 Å². The molecule has 0 radical (unpaired) electrons. The minimum Gasteiger partial charge on any atom is -0.268 e. The number of amides is 1. The van der Waals surface area contributed by atoms with Gasteiger partial charge >= 0.3 is 0 Å². The summed E-state index contributed by atoms with van der Waals surface area (Å²) in [4.78, 5) is 13.4. The van der Waals surface area contributed by atoms with Crippen molar-refractivity contribution in [3.63, 3.8) is 0 Å². The van der Waals surface area contributed by atoms with Gasteiger partial charge in [0.1, 0.15) is 0 Å². The standard InChI is InChI=1S/C23H24BrN3O3S/c1-15-22(24)16(2)26(25-15)14-17-7-6-9-19(13-17)23(28)27(31(3,29)30)21-12-11-18-8-4-5-10-20(18)21/h4-10,13,21H,11-12,14H2,1-3H3. The fourth-order valence-corrected chi connectivity index (χ4v) is 5.61. The van der Waals surface area contributed by atoms with E-state index in [9.17, 15) is 13.2 Å². The van der Waals surface area contributed by atoms with Crippen LogP contribution in [-0.4, -0.2) is 34.7 Å². The van der Waals surface area contributed by atoms with E-state index in [2.05, 4.69) is 21.0 Å². The van der Waals surface area contributed by atoms with Gasteiger partial charge in [0.2, 0.25) is 10.0 Å². The van der Waals surface area contributed by atoms with Gasteiger partial charge in [-0.25, -0.2) is 12.7 Å². The van der Waals surface area contributed by atoms with Gasteiger partial charge < -0.3 is 0 Å². The van der Waals surface area contributed by atoms with Crippen molar-refractivity contribution in [2.24, 2.45) is 0 Å². The summed E-state index contributed by atoms with van der Waals surface area (Å²) in [6, 6.07) is 14.4. The third kappa shape index (κ3) is 4.19. The zero-order valence-electron chi connectivity index (χ0n) is 17.7. The molecule has 3 aromatic rings. The largest absolute Gasteiger partial charge is 0.268 e. The van der Waals surface area contributed by atoms with E-state index >= 15 is 0 Å². The van der Waals surface area contributed by atoms with Gasteiger partial charge in [-0.2, -0.15) is 5.10 Å². The zero-order valence-corrected chi connectivity index (χ0v) is 20.1. The number of nitrogens with zero attached hydrogens (tertiary/aromatic N) is 3. The maximum atomic E-state index is 13.4. The van der Waals surface area contributed by atoms with Crippen LogP contribution < -0.4 is 0 Å². The van der Waals surface area contributed by atoms with Crippen molar-refractivity contribution >= 4 is 31.9 Å². The van der Waals surface area contributed by atoms with Crippen LogP contribution in [0.5, 0.6) is 0 Å². The van der Waals surface area contributed by atoms with E-state index in [1.54, 1.807) is 18.2 Å². The average Bonchev–Trinajstić information content (AvgIpc) is 3.24. The monoisotopic (exact) mass is 501 g/mol. The van der Waals surface area contributed by atoms with Crippen molar-refractivity contribution in [1.82, 2.24) is 14.1 Å². The van der Waals surface area contributed by atoms with Gasteiger partial charge in [0, 0.05) is 5.56 Å². The Hall–Kier alpha value is -2.45. The van der Waals surface area contributed by atoms with Crippen LogP contribution in [0.1, 0.15) is 50.9 Å². The molecule has 4 rings (SSSR count). The summed E-state index contributed by atoms with van der Waals surface area (Å²) < 4.78 is 29.3. The Morgan fingerprint density at radius 2 is 1.94 bits per heavy atom. The molecule has 6 nitrogen and oxygen atoms in total. The fraction of sp³-hybridized carbons (Fsp3) is 0.304. The van der Waals surface area contributed by atoms with Gasteiger partial charge in [-0.15, -0.1) is 0 Å². The molecule has 1 aliphatic carbocycles. The highest BCUT2D eigenvalue weighted by Gasteiger charge is 2.37. The molecular formula is C23H24BrN3O3S. The van der Waals surface area contributed by atoms with E-state index in [1.807, 2.05) is 48.9 Å². The number of hydrogen-bond acceptors (Lipinski definition) is 4. The number of carbonyl (C=O) groups excluding carboxylic acids is 1. The number of benzene rings is 2. The second kappa shape index (κ2) is 8.24. The highest BCUT2D eigenvalue weighted by Crippen LogP contribution is 2.37. The summed E-state index contributed by atoms with van der Waals surface area (Å²) in [6.45, 7) is 4.39. The molecule has 162 valence electrons. The number of aromatic nitrogens is 2. The lowest BCUT2D eigenvalue weighted by Crippen LogP contribution is -2.38. The van der Waals surface area contributed by atoms with Crippen LogP contribution in [0.25, 0.3) is 0 Å². The van der Waals surface area contributed by atoms with Crippen molar-refractivity contribution in [3.8, 4) is 0 Å². The Labute approximate surface area is 191 Å². The van der Waals surface area contributed by atoms with Crippen LogP contribution in [0.3, 0.4) is 0 Å². The van der Waals surface area contributed by atoms with E-state index in [4.69, 9.17) is 0 Å². The molecule has 0 aliphatic heterocycles. The molecule has 1 aromatic heterocycles. The van der Waals surface area contributed by atoms with Crippen LogP contribution in [0.4, 0.5) is 0 Å². The highest BCUT2D eigenvalue weighted by molar-refractivity contribution is 9.10. The normalized spacial score (nSPS) is 15.7. The van der Waals surface area contributed by atoms with E-state index in [-0.39, 0.29) is 0 Å². The van der Waals surface area contributed by atoms with Crippen molar-refractivity contribution in [1.29, 1.82) is 0 Å². The number of halogens is 1. The average molecular weight is 502 g/mol. The maximum absolute atomic E-state index is 13.4. The van der Waals surface area contributed by atoms with Crippen LogP contribution in [0.15, 0.2) is 53.0 Å². The third-order valence-corrected chi connectivity index (χ3v) is 8.02. The van der Waals surface area contributed by atoms with Crippen LogP contribution in [0.2, 0.25) is 0 Å². The van der Waals surface area contributed by atoms with E-state index < -0.39 is 22.0 Å². The van der Waals surface area contributed by atoms with Crippen LogP contribution in [0, 0.1) is 13.8 Å². The smallest absolute Gasteiger partial charge is 0.267 e. The summed E-state index contributed by atoms with van der Waals surface area (Å²) in [5.41, 5.74) is 5.13. The second-order valence-electron chi connectivity index (χ2n) is 7.96. The van der Waals surface area contributed by atoms with Gasteiger partial charge in [-0.1, -0.05) is 36.4 Å². The molecule has 8 heteroatoms. The van der Waals surface area contributed by atoms with Crippen LogP contribution in [-0.2, 0) is 23.0 Å². The topological polar surface area (TPSA) is 72.3 Å². The molecule has 0 fully saturated rings. The Morgan fingerprint density at radius 3 is 2.61 bits per heavy atom. The van der Waals surface area contributed by atoms with Gasteiger partial charge in [0.05, 0.1) is 34.7 Å². The van der Waals surface area contributed by atoms with Gasteiger partial charge in [-0.05, 0) is 71.4 Å². The van der Waals surface area contributed by atoms with Crippen molar-refractivity contribution in [3.05, 3.63) is 86.6 Å². The number of aryl methyl sites for hydroxylation is 2. The van der Waals surface area contributed by atoms with Gasteiger partial charge in [0.15, 0.2) is 0 Å². The third-order valence-electron chi connectivity index (χ3n) is 5.74. The first-order valence-electron chi connectivity index (χ1n) is 10.1. The molecule has 1 amide bonds. The predicted octanol–water partition coefficient (Wildman–Crippen LogP) is 4.40. The van der Waals surface area contributed by atoms with Crippen molar-refractivity contribution < 1.29 is 13.2 Å². The first-order chi connectivity index (χ1) is 14.7. The number of rotatable bonds is 5. The first kappa shape index (κ1) is 21.8. The molecular weight excluding hydrogens is 478 g/mol. The summed E-state index contributed by atoms with van der Waals surface area (Å²) in [6.07, 6.45) is 2.45. The molecule has 0 bridgehead atoms. The maximum Gasteiger partial charge on any atom is 0.267 e. The molecule has 2 aromatic carbocycles. The molecule has 0 N–H and O–H groups in total. The second-order valence-corrected chi connectivity index (χ2v) is 10.6. The molecule has 31 heavy (non-hydrogen) atoms. The number of sulfonamides is 1. The molecule has 1 heterocycles. The van der Waals surface area contributed by atoms with E-state index in [0.717, 1.165) is 49.5 Å². The summed E-state index contributed by atoms with van der Waals surface area (Å²) in [7, 11) is -3.76. The molecule has 0 saturated heterocycles. The SMILES string of the molecule is Cc1nn(Cc2cccc(C(=O)N(C3CCc4ccccc43)S(C)(=O)=O)c2)c(C)c1Br. The number of fused-ring (bicyclic) bond motifs is 1. The highest BCUT2D eigenvalue weighted by atomic mass is 79.9. The lowest BCUT2D eigenvalue weighted by Gasteiger charge is -2.27. The fourth-order valence-electron chi connectivity index (χ4n) is 4.23. The minimum absolute atomic E-state index is 0.355. The zero-order chi connectivity index (χ0) is 22.3. The Balaban J connectivity index is 1.67. The predicted molar refractivity (Wildman–Crippen MR) is 123 cm³/mol. The van der Waals surface area contributed by atoms with E-state index in [1.165, 1.54) is 0 Å². The minimum atomic E-state index is -3.76. The first-order valence-corrected chi connectivity index (χ1v) is 12.7. The lowest BCUT2D eigenvalue weighted by molar-refractivity contribution is 0.0821. The van der Waals surface area contributed by atoms with Crippen LogP contribution >= 0.6 is 15.9 Å². The molecule has 0 spiro atoms. The molecule has 1 atom stereocenters. The van der Waals surface area contributed by atoms with Crippen molar-refractivity contribution in [2.45, 2.75) is 39.3 Å². The summed E-state index contributed by atoms with van der Waals surface area (Å²) in [5.74, 6) is -0.499. The Morgan fingerprint density at radius 1 is 1.19 bits per heavy atom. The van der Waals surface area contributed by atoms with E-state index in [0.29, 0.717) is 18.5 Å².